The molecular formula is C15H24N8O3S. The summed E-state index contributed by atoms with van der Waals surface area (Å²) >= 11 is 0. The highest BCUT2D eigenvalue weighted by Gasteiger charge is 2.29. The Bertz CT molecular complexity index is 814. The zero-order chi connectivity index (χ0) is 19.4. The molecule has 0 unspecified atom stereocenters. The highest BCUT2D eigenvalue weighted by molar-refractivity contribution is 7.89. The number of anilines is 1. The summed E-state index contributed by atoms with van der Waals surface area (Å²) in [5.74, 6) is -0.201. The highest BCUT2D eigenvalue weighted by atomic mass is 32.2. The number of primary sulfonamides is 1. The Balaban J connectivity index is 1.86. The van der Waals surface area contributed by atoms with E-state index in [1.54, 1.807) is 6.07 Å². The number of morpholine rings is 1. The number of hydrogen-bond acceptors (Lipinski definition) is 8. The van der Waals surface area contributed by atoms with E-state index in [1.807, 2.05) is 0 Å². The van der Waals surface area contributed by atoms with Crippen LogP contribution in [0.1, 0.15) is 18.4 Å². The van der Waals surface area contributed by atoms with Crippen LogP contribution >= 0.6 is 0 Å². The molecule has 0 atom stereocenters. The van der Waals surface area contributed by atoms with Crippen LogP contribution in [0.4, 0.5) is 5.69 Å². The normalized spacial score (nSPS) is 20.6. The van der Waals surface area contributed by atoms with E-state index in [4.69, 9.17) is 21.1 Å². The first-order valence-electron chi connectivity index (χ1n) is 8.70. The molecule has 2 fully saturated rings. The van der Waals surface area contributed by atoms with Crippen molar-refractivity contribution in [2.75, 3.05) is 44.3 Å². The van der Waals surface area contributed by atoms with Gasteiger partial charge in [-0.1, -0.05) is 5.22 Å². The van der Waals surface area contributed by atoms with Crippen molar-refractivity contribution in [3.8, 4) is 0 Å². The molecule has 11 nitrogen and oxygen atoms in total. The molecular weight excluding hydrogens is 372 g/mol. The van der Waals surface area contributed by atoms with E-state index in [-0.39, 0.29) is 16.4 Å². The topological polar surface area (TPSA) is 163 Å². The number of piperidine rings is 1. The third-order valence-corrected chi connectivity index (χ3v) is 5.79. The summed E-state index contributed by atoms with van der Waals surface area (Å²) in [4.78, 5) is 8.37. The summed E-state index contributed by atoms with van der Waals surface area (Å²) in [7, 11) is -4.11. The molecule has 2 aliphatic heterocycles. The largest absolute Gasteiger partial charge is 0.382 e. The SMILES string of the molecule is N=NN=C(N)c1c(N2CCC(N3CCOCC3)CC2)ccnc1S(N)(=O)=O. The molecule has 0 saturated carbocycles. The maximum atomic E-state index is 11.9. The van der Waals surface area contributed by atoms with E-state index in [1.165, 1.54) is 6.20 Å². The minimum atomic E-state index is -4.11. The molecule has 0 radical (unpaired) electrons. The van der Waals surface area contributed by atoms with Gasteiger partial charge in [0.15, 0.2) is 10.9 Å². The molecule has 1 aromatic rings. The molecule has 27 heavy (non-hydrogen) atoms. The van der Waals surface area contributed by atoms with Gasteiger partial charge >= 0.3 is 0 Å². The van der Waals surface area contributed by atoms with Crippen LogP contribution in [0.2, 0.25) is 0 Å². The van der Waals surface area contributed by atoms with Crippen molar-refractivity contribution >= 4 is 21.5 Å². The molecule has 0 amide bonds. The molecule has 0 aliphatic carbocycles. The van der Waals surface area contributed by atoms with Crippen LogP contribution < -0.4 is 15.8 Å². The maximum absolute atomic E-state index is 11.9. The van der Waals surface area contributed by atoms with E-state index >= 15 is 0 Å². The molecule has 3 heterocycles. The van der Waals surface area contributed by atoms with E-state index in [0.717, 1.165) is 52.2 Å². The molecule has 12 heteroatoms. The summed E-state index contributed by atoms with van der Waals surface area (Å²) in [6.07, 6.45) is 3.26. The van der Waals surface area contributed by atoms with Gasteiger partial charge in [0.05, 0.1) is 24.5 Å². The Morgan fingerprint density at radius 3 is 2.52 bits per heavy atom. The van der Waals surface area contributed by atoms with Crippen molar-refractivity contribution in [1.29, 1.82) is 5.53 Å². The van der Waals surface area contributed by atoms with Gasteiger partial charge in [0.1, 0.15) is 0 Å². The Labute approximate surface area is 157 Å². The average Bonchev–Trinajstić information content (AvgIpc) is 2.68. The van der Waals surface area contributed by atoms with Crippen LogP contribution in [0.3, 0.4) is 0 Å². The van der Waals surface area contributed by atoms with Gasteiger partial charge in [0.2, 0.25) is 0 Å². The van der Waals surface area contributed by atoms with Crippen molar-refractivity contribution < 1.29 is 13.2 Å². The average molecular weight is 396 g/mol. The van der Waals surface area contributed by atoms with Crippen molar-refractivity contribution in [1.82, 2.24) is 9.88 Å². The van der Waals surface area contributed by atoms with E-state index in [9.17, 15) is 8.42 Å². The Morgan fingerprint density at radius 2 is 1.93 bits per heavy atom. The van der Waals surface area contributed by atoms with E-state index < -0.39 is 10.0 Å². The zero-order valence-corrected chi connectivity index (χ0v) is 15.7. The highest BCUT2D eigenvalue weighted by Crippen LogP contribution is 2.29. The van der Waals surface area contributed by atoms with Crippen LogP contribution in [0.25, 0.3) is 0 Å². The molecule has 0 bridgehead atoms. The lowest BCUT2D eigenvalue weighted by Gasteiger charge is -2.41. The fraction of sp³-hybridized carbons (Fsp3) is 0.600. The first-order valence-corrected chi connectivity index (χ1v) is 10.2. The third-order valence-electron chi connectivity index (χ3n) is 4.94. The van der Waals surface area contributed by atoms with Crippen LogP contribution in [-0.4, -0.2) is 69.6 Å². The number of rotatable bonds is 5. The predicted molar refractivity (Wildman–Crippen MR) is 99.1 cm³/mol. The number of nitrogens with two attached hydrogens (primary N) is 2. The van der Waals surface area contributed by atoms with E-state index in [2.05, 4.69) is 25.1 Å². The number of nitrogens with one attached hydrogen (secondary N) is 1. The van der Waals surface area contributed by atoms with Gasteiger partial charge in [0.25, 0.3) is 10.0 Å². The quantitative estimate of drug-likeness (QED) is 0.266. The maximum Gasteiger partial charge on any atom is 0.256 e. The Kier molecular flexibility index (Phi) is 5.99. The molecule has 0 spiro atoms. The summed E-state index contributed by atoms with van der Waals surface area (Å²) in [5, 5.41) is 11.3. The Morgan fingerprint density at radius 1 is 1.26 bits per heavy atom. The van der Waals surface area contributed by atoms with Crippen molar-refractivity contribution in [2.45, 2.75) is 23.9 Å². The fourth-order valence-corrected chi connectivity index (χ4v) is 4.37. The van der Waals surface area contributed by atoms with Gasteiger partial charge < -0.3 is 15.4 Å². The zero-order valence-electron chi connectivity index (χ0n) is 14.9. The monoisotopic (exact) mass is 396 g/mol. The number of sulfonamides is 1. The number of aromatic nitrogens is 1. The van der Waals surface area contributed by atoms with Crippen LogP contribution in [0.15, 0.2) is 27.6 Å². The van der Waals surface area contributed by atoms with Crippen molar-refractivity contribution in [3.05, 3.63) is 17.8 Å². The summed E-state index contributed by atoms with van der Waals surface area (Å²) in [6.45, 7) is 4.85. The third kappa shape index (κ3) is 4.40. The molecule has 148 valence electrons. The number of hydrogen-bond donors (Lipinski definition) is 3. The summed E-state index contributed by atoms with van der Waals surface area (Å²) in [6, 6.07) is 2.16. The van der Waals surface area contributed by atoms with Gasteiger partial charge in [-0.3, -0.25) is 4.90 Å². The number of nitrogens with zero attached hydrogens (tertiary/aromatic N) is 5. The van der Waals surface area contributed by atoms with Crippen LogP contribution in [-0.2, 0) is 14.8 Å². The fourth-order valence-electron chi connectivity index (χ4n) is 3.67. The van der Waals surface area contributed by atoms with Gasteiger partial charge in [-0.15, -0.1) is 5.10 Å². The van der Waals surface area contributed by atoms with Gasteiger partial charge in [-0.05, 0) is 18.9 Å². The lowest BCUT2D eigenvalue weighted by atomic mass is 10.0. The molecule has 0 aromatic carbocycles. The van der Waals surface area contributed by atoms with Crippen LogP contribution in [0, 0.1) is 5.53 Å². The molecule has 2 saturated heterocycles. The smallest absolute Gasteiger partial charge is 0.256 e. The lowest BCUT2D eigenvalue weighted by Crippen LogP contribution is -2.49. The standard InChI is InChI=1S/C15H24N8O3S/c16-14(20-21-17)13-12(1-4-19-15(13)27(18,24)25)23-5-2-11(3-6-23)22-7-9-26-10-8-22/h1,4,11H,2-3,5-10H2,(H3,16,17,20)(H2,18,24,25). The molecule has 5 N–H and O–H groups in total. The molecule has 2 aliphatic rings. The second kappa shape index (κ2) is 8.25. The van der Waals surface area contributed by atoms with E-state index in [0.29, 0.717) is 11.7 Å². The Hall–Kier alpha value is -2.15. The minimum Gasteiger partial charge on any atom is -0.382 e. The first kappa shape index (κ1) is 19.6. The number of ether oxygens (including phenoxy) is 1. The summed E-state index contributed by atoms with van der Waals surface area (Å²) in [5.41, 5.74) is 13.5. The second-order valence-electron chi connectivity index (χ2n) is 6.51. The number of amidine groups is 1. The first-order chi connectivity index (χ1) is 12.9. The number of pyridine rings is 1. The van der Waals surface area contributed by atoms with Crippen molar-refractivity contribution in [2.24, 2.45) is 21.2 Å². The minimum absolute atomic E-state index is 0.0980. The second-order valence-corrected chi connectivity index (χ2v) is 7.98. The molecule has 1 aromatic heterocycles. The van der Waals surface area contributed by atoms with Crippen molar-refractivity contribution in [3.63, 3.8) is 0 Å². The van der Waals surface area contributed by atoms with Gasteiger partial charge in [-0.25, -0.2) is 18.5 Å². The van der Waals surface area contributed by atoms with Gasteiger partial charge in [0, 0.05) is 38.4 Å². The predicted octanol–water partition coefficient (Wildman–Crippen LogP) is -0.319. The summed E-state index contributed by atoms with van der Waals surface area (Å²) < 4.78 is 29.3. The lowest BCUT2D eigenvalue weighted by molar-refractivity contribution is 0.0115. The molecule has 3 rings (SSSR count). The van der Waals surface area contributed by atoms with Crippen LogP contribution in [0.5, 0.6) is 0 Å². The van der Waals surface area contributed by atoms with Gasteiger partial charge in [-0.2, -0.15) is 5.53 Å².